The molecule has 10 heteroatoms. The van der Waals surface area contributed by atoms with E-state index >= 15 is 0 Å². The van der Waals surface area contributed by atoms with Crippen molar-refractivity contribution in [1.82, 2.24) is 19.3 Å². The molecule has 0 atom stereocenters. The van der Waals surface area contributed by atoms with Gasteiger partial charge < -0.3 is 19.2 Å². The summed E-state index contributed by atoms with van der Waals surface area (Å²) < 4.78 is 8.93. The van der Waals surface area contributed by atoms with Gasteiger partial charge in [-0.1, -0.05) is 41.6 Å². The molecule has 0 aliphatic rings. The molecule has 0 spiro atoms. The highest BCUT2D eigenvalue weighted by molar-refractivity contribution is 7.99. The number of esters is 1. The van der Waals surface area contributed by atoms with Crippen LogP contribution in [0.2, 0.25) is 0 Å². The molecule has 176 valence electrons. The number of thiophene rings is 1. The Hall–Kier alpha value is -3.37. The second-order valence-electron chi connectivity index (χ2n) is 7.79. The molecule has 0 fully saturated rings. The third-order valence-electron chi connectivity index (χ3n) is 5.44. The molecular weight excluding hydrogens is 470 g/mol. The van der Waals surface area contributed by atoms with Crippen molar-refractivity contribution in [2.45, 2.75) is 18.5 Å². The Morgan fingerprint density at radius 1 is 1.15 bits per heavy atom. The summed E-state index contributed by atoms with van der Waals surface area (Å²) in [6, 6.07) is 11.9. The van der Waals surface area contributed by atoms with Gasteiger partial charge in [0.2, 0.25) is 5.91 Å². The smallest absolute Gasteiger partial charge is 0.341 e. The lowest BCUT2D eigenvalue weighted by Gasteiger charge is -2.08. The Bertz CT molecular complexity index is 1320. The van der Waals surface area contributed by atoms with E-state index in [1.807, 2.05) is 78.1 Å². The number of aryl methyl sites for hydroxylation is 2. The van der Waals surface area contributed by atoms with E-state index < -0.39 is 5.97 Å². The molecule has 0 radical (unpaired) electrons. The Labute approximate surface area is 206 Å². The standard InChI is InChI=1S/C24H25N5O3S2/c1-15-7-9-16(10-8-15)18-13-33-22(21(18)23(31)32-4)25-20(30)14-34-24-27-26-19(29(24)3)12-17-6-5-11-28(17)2/h5-11,13H,12,14H2,1-4H3,(H,25,30). The summed E-state index contributed by atoms with van der Waals surface area (Å²) in [5, 5.41) is 14.3. The second kappa shape index (κ2) is 10.3. The first-order valence-electron chi connectivity index (χ1n) is 10.5. The molecule has 34 heavy (non-hydrogen) atoms. The molecule has 0 bridgehead atoms. The van der Waals surface area contributed by atoms with Gasteiger partial charge in [-0.15, -0.1) is 21.5 Å². The maximum absolute atomic E-state index is 12.7. The predicted molar refractivity (Wildman–Crippen MR) is 134 cm³/mol. The average Bonchev–Trinajstić information content (AvgIpc) is 3.52. The molecule has 8 nitrogen and oxygen atoms in total. The normalized spacial score (nSPS) is 10.9. The molecule has 3 aromatic heterocycles. The summed E-state index contributed by atoms with van der Waals surface area (Å²) in [5.41, 5.74) is 4.24. The third-order valence-corrected chi connectivity index (χ3v) is 7.36. The minimum Gasteiger partial charge on any atom is -0.465 e. The molecule has 1 N–H and O–H groups in total. The number of anilines is 1. The molecular formula is C24H25N5O3S2. The first kappa shape index (κ1) is 23.8. The van der Waals surface area contributed by atoms with Crippen LogP contribution in [0.15, 0.2) is 53.1 Å². The summed E-state index contributed by atoms with van der Waals surface area (Å²) in [6.07, 6.45) is 2.64. The highest BCUT2D eigenvalue weighted by Crippen LogP contribution is 2.36. The van der Waals surface area contributed by atoms with E-state index in [2.05, 4.69) is 15.5 Å². The Kier molecular flexibility index (Phi) is 7.18. The van der Waals surface area contributed by atoms with E-state index in [1.165, 1.54) is 30.2 Å². The van der Waals surface area contributed by atoms with Gasteiger partial charge in [0.15, 0.2) is 5.16 Å². The van der Waals surface area contributed by atoms with Gasteiger partial charge in [-0.3, -0.25) is 4.79 Å². The number of rotatable bonds is 8. The highest BCUT2D eigenvalue weighted by Gasteiger charge is 2.22. The van der Waals surface area contributed by atoms with Crippen LogP contribution < -0.4 is 5.32 Å². The molecule has 4 rings (SSSR count). The van der Waals surface area contributed by atoms with Crippen molar-refractivity contribution in [3.8, 4) is 11.1 Å². The number of methoxy groups -OCH3 is 1. The molecule has 3 heterocycles. The number of aromatic nitrogens is 4. The lowest BCUT2D eigenvalue weighted by Crippen LogP contribution is -2.16. The van der Waals surface area contributed by atoms with Gasteiger partial charge >= 0.3 is 5.97 Å². The van der Waals surface area contributed by atoms with Crippen LogP contribution in [0.3, 0.4) is 0 Å². The van der Waals surface area contributed by atoms with Crippen molar-refractivity contribution in [2.24, 2.45) is 14.1 Å². The number of nitrogens with one attached hydrogen (secondary N) is 1. The predicted octanol–water partition coefficient (Wildman–Crippen LogP) is 4.30. The molecule has 4 aromatic rings. The first-order valence-corrected chi connectivity index (χ1v) is 12.4. The number of thioether (sulfide) groups is 1. The zero-order valence-electron chi connectivity index (χ0n) is 19.4. The van der Waals surface area contributed by atoms with E-state index in [4.69, 9.17) is 4.74 Å². The van der Waals surface area contributed by atoms with Crippen LogP contribution >= 0.6 is 23.1 Å². The number of hydrogen-bond acceptors (Lipinski definition) is 7. The topological polar surface area (TPSA) is 91.0 Å². The number of benzene rings is 1. The molecule has 0 aliphatic carbocycles. The Morgan fingerprint density at radius 2 is 1.91 bits per heavy atom. The molecule has 1 aromatic carbocycles. The van der Waals surface area contributed by atoms with Crippen molar-refractivity contribution >= 4 is 40.0 Å². The number of nitrogens with zero attached hydrogens (tertiary/aromatic N) is 4. The van der Waals surface area contributed by atoms with Gasteiger partial charge in [-0.05, 0) is 24.6 Å². The Balaban J connectivity index is 1.45. The maximum Gasteiger partial charge on any atom is 0.341 e. The highest BCUT2D eigenvalue weighted by atomic mass is 32.2. The van der Waals surface area contributed by atoms with Crippen molar-refractivity contribution in [3.05, 3.63) is 70.6 Å². The number of carbonyl (C=O) groups is 2. The monoisotopic (exact) mass is 495 g/mol. The van der Waals surface area contributed by atoms with Crippen LogP contribution in [0.1, 0.15) is 27.4 Å². The zero-order valence-corrected chi connectivity index (χ0v) is 21.0. The Morgan fingerprint density at radius 3 is 2.59 bits per heavy atom. The van der Waals surface area contributed by atoms with Crippen LogP contribution in [0.5, 0.6) is 0 Å². The zero-order chi connectivity index (χ0) is 24.2. The van der Waals surface area contributed by atoms with E-state index in [9.17, 15) is 9.59 Å². The van der Waals surface area contributed by atoms with Crippen LogP contribution in [0.4, 0.5) is 5.00 Å². The van der Waals surface area contributed by atoms with Gasteiger partial charge in [0, 0.05) is 43.4 Å². The number of carbonyl (C=O) groups excluding carboxylic acids is 2. The molecule has 0 unspecified atom stereocenters. The van der Waals surface area contributed by atoms with Crippen molar-refractivity contribution in [1.29, 1.82) is 0 Å². The van der Waals surface area contributed by atoms with E-state index in [0.29, 0.717) is 22.1 Å². The number of ether oxygens (including phenoxy) is 1. The summed E-state index contributed by atoms with van der Waals surface area (Å²) >= 11 is 2.60. The fourth-order valence-corrected chi connectivity index (χ4v) is 5.16. The molecule has 0 aliphatic heterocycles. The van der Waals surface area contributed by atoms with Crippen LogP contribution in [-0.2, 0) is 30.0 Å². The lowest BCUT2D eigenvalue weighted by molar-refractivity contribution is -0.113. The summed E-state index contributed by atoms with van der Waals surface area (Å²) in [6.45, 7) is 2.00. The second-order valence-corrected chi connectivity index (χ2v) is 9.62. The average molecular weight is 496 g/mol. The van der Waals surface area contributed by atoms with E-state index in [-0.39, 0.29) is 11.7 Å². The fourth-order valence-electron chi connectivity index (χ4n) is 3.46. The summed E-state index contributed by atoms with van der Waals surface area (Å²) in [5.74, 6) is 0.227. The van der Waals surface area contributed by atoms with Gasteiger partial charge in [0.1, 0.15) is 16.4 Å². The van der Waals surface area contributed by atoms with Crippen LogP contribution in [0, 0.1) is 6.92 Å². The van der Waals surface area contributed by atoms with Crippen molar-refractivity contribution in [2.75, 3.05) is 18.2 Å². The van der Waals surface area contributed by atoms with Gasteiger partial charge in [0.05, 0.1) is 12.9 Å². The van der Waals surface area contributed by atoms with Gasteiger partial charge in [0.25, 0.3) is 0 Å². The maximum atomic E-state index is 12.7. The van der Waals surface area contributed by atoms with Crippen LogP contribution in [0.25, 0.3) is 11.1 Å². The van der Waals surface area contributed by atoms with E-state index in [1.54, 1.807) is 0 Å². The third kappa shape index (κ3) is 5.07. The first-order chi connectivity index (χ1) is 16.4. The van der Waals surface area contributed by atoms with Crippen LogP contribution in [-0.4, -0.2) is 44.1 Å². The van der Waals surface area contributed by atoms with Crippen molar-refractivity contribution in [3.63, 3.8) is 0 Å². The van der Waals surface area contributed by atoms with Gasteiger partial charge in [-0.2, -0.15) is 0 Å². The SMILES string of the molecule is COC(=O)c1c(-c2ccc(C)cc2)csc1NC(=O)CSc1nnc(Cc2cccn2C)n1C. The quantitative estimate of drug-likeness (QED) is 0.290. The fraction of sp³-hybridized carbons (Fsp3) is 0.250. The minimum absolute atomic E-state index is 0.133. The number of amides is 1. The molecule has 1 amide bonds. The molecule has 0 saturated carbocycles. The minimum atomic E-state index is -0.488. The summed E-state index contributed by atoms with van der Waals surface area (Å²) in [7, 11) is 5.21. The van der Waals surface area contributed by atoms with Crippen molar-refractivity contribution < 1.29 is 14.3 Å². The summed E-state index contributed by atoms with van der Waals surface area (Å²) in [4.78, 5) is 25.2. The largest absolute Gasteiger partial charge is 0.465 e. The lowest BCUT2D eigenvalue weighted by atomic mass is 10.0. The van der Waals surface area contributed by atoms with Gasteiger partial charge in [-0.25, -0.2) is 4.79 Å². The molecule has 0 saturated heterocycles. The number of hydrogen-bond donors (Lipinski definition) is 1. The van der Waals surface area contributed by atoms with E-state index in [0.717, 1.165) is 28.2 Å².